The van der Waals surface area contributed by atoms with Gasteiger partial charge in [-0.25, -0.2) is 0 Å². The summed E-state index contributed by atoms with van der Waals surface area (Å²) >= 11 is 0. The van der Waals surface area contributed by atoms with Gasteiger partial charge in [0.1, 0.15) is 0 Å². The van der Waals surface area contributed by atoms with Crippen molar-refractivity contribution in [2.75, 3.05) is 12.0 Å². The maximum atomic E-state index is 12.7. The van der Waals surface area contributed by atoms with Gasteiger partial charge in [-0.05, 0) is 30.0 Å². The molecule has 0 unspecified atom stereocenters. The van der Waals surface area contributed by atoms with E-state index in [1.165, 1.54) is 0 Å². The number of hydrogen-bond acceptors (Lipinski definition) is 3. The van der Waals surface area contributed by atoms with Crippen molar-refractivity contribution >= 4 is 11.6 Å². The average molecular weight is 303 g/mol. The summed E-state index contributed by atoms with van der Waals surface area (Å²) in [6, 6.07) is 2.81. The summed E-state index contributed by atoms with van der Waals surface area (Å²) in [7, 11) is 0. The predicted octanol–water partition coefficient (Wildman–Crippen LogP) is 3.16. The number of carbonyl (C=O) groups is 1. The van der Waals surface area contributed by atoms with Crippen molar-refractivity contribution in [2.24, 2.45) is 11.3 Å². The zero-order chi connectivity index (χ0) is 16.3. The van der Waals surface area contributed by atoms with E-state index in [1.807, 2.05) is 20.8 Å². The molecule has 0 heterocycles. The van der Waals surface area contributed by atoms with E-state index in [0.29, 0.717) is 6.54 Å². The number of alkyl halides is 3. The van der Waals surface area contributed by atoms with Gasteiger partial charge in [0.25, 0.3) is 5.91 Å². The lowest BCUT2D eigenvalue weighted by atomic mass is 9.90. The topological polar surface area (TPSA) is 67.2 Å². The van der Waals surface area contributed by atoms with Gasteiger partial charge in [-0.2, -0.15) is 13.2 Å². The highest BCUT2D eigenvalue weighted by molar-refractivity contribution is 5.99. The SMILES string of the molecule is CCC(C)(C)CNC(=O)c1cc(C(F)(F)F)ccc1NN. The molecule has 0 aliphatic heterocycles. The molecule has 4 nitrogen and oxygen atoms in total. The van der Waals surface area contributed by atoms with Crippen LogP contribution in [0.25, 0.3) is 0 Å². The number of anilines is 1. The number of carbonyl (C=O) groups excluding carboxylic acids is 1. The van der Waals surface area contributed by atoms with E-state index < -0.39 is 17.6 Å². The Hall–Kier alpha value is -1.76. The van der Waals surface area contributed by atoms with Gasteiger partial charge < -0.3 is 10.7 Å². The Morgan fingerprint density at radius 1 is 1.29 bits per heavy atom. The Kier molecular flexibility index (Phi) is 5.22. The third-order valence-corrected chi connectivity index (χ3v) is 3.43. The van der Waals surface area contributed by atoms with Crippen molar-refractivity contribution in [2.45, 2.75) is 33.4 Å². The molecule has 0 bridgehead atoms. The molecule has 4 N–H and O–H groups in total. The van der Waals surface area contributed by atoms with Gasteiger partial charge in [0.2, 0.25) is 0 Å². The van der Waals surface area contributed by atoms with Crippen LogP contribution < -0.4 is 16.6 Å². The van der Waals surface area contributed by atoms with Crippen LogP contribution in [0, 0.1) is 5.41 Å². The Labute approximate surface area is 121 Å². The standard InChI is InChI=1S/C14H20F3N3O/c1-4-13(2,3)8-19-12(21)10-7-9(14(15,16)17)5-6-11(10)20-18/h5-7,20H,4,8,18H2,1-3H3,(H,19,21). The molecule has 1 aromatic rings. The van der Waals surface area contributed by atoms with Crippen molar-refractivity contribution in [3.8, 4) is 0 Å². The van der Waals surface area contributed by atoms with Crippen molar-refractivity contribution in [1.29, 1.82) is 0 Å². The summed E-state index contributed by atoms with van der Waals surface area (Å²) in [6.45, 7) is 6.26. The van der Waals surface area contributed by atoms with Crippen LogP contribution >= 0.6 is 0 Å². The minimum absolute atomic E-state index is 0.126. The van der Waals surface area contributed by atoms with Crippen molar-refractivity contribution < 1.29 is 18.0 Å². The molecule has 1 amide bonds. The molecular formula is C14H20F3N3O. The molecule has 0 aromatic heterocycles. The van der Waals surface area contributed by atoms with E-state index in [9.17, 15) is 18.0 Å². The molecule has 118 valence electrons. The Balaban J connectivity index is 3.01. The fourth-order valence-electron chi connectivity index (χ4n) is 1.57. The first kappa shape index (κ1) is 17.3. The van der Waals surface area contributed by atoms with E-state index in [4.69, 9.17) is 5.84 Å². The maximum Gasteiger partial charge on any atom is 0.416 e. The molecular weight excluding hydrogens is 283 g/mol. The van der Waals surface area contributed by atoms with Crippen LogP contribution in [0.2, 0.25) is 0 Å². The van der Waals surface area contributed by atoms with Gasteiger partial charge in [0.15, 0.2) is 0 Å². The van der Waals surface area contributed by atoms with E-state index in [-0.39, 0.29) is 16.7 Å². The van der Waals surface area contributed by atoms with Crippen molar-refractivity contribution in [1.82, 2.24) is 5.32 Å². The zero-order valence-electron chi connectivity index (χ0n) is 12.3. The molecule has 1 rings (SSSR count). The summed E-state index contributed by atoms with van der Waals surface area (Å²) < 4.78 is 38.1. The molecule has 7 heteroatoms. The second-order valence-electron chi connectivity index (χ2n) is 5.60. The fraction of sp³-hybridized carbons (Fsp3) is 0.500. The number of nitrogens with two attached hydrogens (primary N) is 1. The summed E-state index contributed by atoms with van der Waals surface area (Å²) in [6.07, 6.45) is -3.68. The lowest BCUT2D eigenvalue weighted by Crippen LogP contribution is -2.34. The molecule has 21 heavy (non-hydrogen) atoms. The van der Waals surface area contributed by atoms with E-state index in [0.717, 1.165) is 24.6 Å². The number of amides is 1. The van der Waals surface area contributed by atoms with E-state index in [2.05, 4.69) is 10.7 Å². The fourth-order valence-corrected chi connectivity index (χ4v) is 1.57. The average Bonchev–Trinajstić information content (AvgIpc) is 2.43. The Bertz CT molecular complexity index is 513. The van der Waals surface area contributed by atoms with Gasteiger partial charge in [0, 0.05) is 6.54 Å². The Morgan fingerprint density at radius 2 is 1.90 bits per heavy atom. The van der Waals surface area contributed by atoms with Gasteiger partial charge in [-0.3, -0.25) is 10.6 Å². The van der Waals surface area contributed by atoms with Gasteiger partial charge in [-0.1, -0.05) is 20.8 Å². The third kappa shape index (κ3) is 4.63. The molecule has 0 saturated heterocycles. The predicted molar refractivity (Wildman–Crippen MR) is 75.7 cm³/mol. The molecule has 0 fully saturated rings. The van der Waals surface area contributed by atoms with Crippen LogP contribution in [0.3, 0.4) is 0 Å². The van der Waals surface area contributed by atoms with Gasteiger partial charge in [0.05, 0.1) is 16.8 Å². The normalized spacial score (nSPS) is 12.1. The molecule has 0 saturated carbocycles. The number of benzene rings is 1. The monoisotopic (exact) mass is 303 g/mol. The summed E-state index contributed by atoms with van der Waals surface area (Å²) in [5.41, 5.74) is 1.24. The quantitative estimate of drug-likeness (QED) is 0.578. The van der Waals surface area contributed by atoms with E-state index >= 15 is 0 Å². The lowest BCUT2D eigenvalue weighted by Gasteiger charge is -2.23. The van der Waals surface area contributed by atoms with Crippen LogP contribution in [0.15, 0.2) is 18.2 Å². The number of rotatable bonds is 5. The number of nitrogens with one attached hydrogen (secondary N) is 2. The number of hydrogen-bond donors (Lipinski definition) is 3. The lowest BCUT2D eigenvalue weighted by molar-refractivity contribution is -0.137. The van der Waals surface area contributed by atoms with Crippen LogP contribution in [0.5, 0.6) is 0 Å². The summed E-state index contributed by atoms with van der Waals surface area (Å²) in [5, 5.41) is 2.64. The second kappa shape index (κ2) is 6.34. The van der Waals surface area contributed by atoms with Crippen LogP contribution in [0.4, 0.5) is 18.9 Å². The first-order chi connectivity index (χ1) is 9.60. The van der Waals surface area contributed by atoms with Gasteiger partial charge >= 0.3 is 6.18 Å². The molecule has 1 aromatic carbocycles. The molecule has 0 aliphatic carbocycles. The smallest absolute Gasteiger partial charge is 0.351 e. The highest BCUT2D eigenvalue weighted by atomic mass is 19.4. The maximum absolute atomic E-state index is 12.7. The summed E-state index contributed by atoms with van der Waals surface area (Å²) in [4.78, 5) is 12.1. The zero-order valence-corrected chi connectivity index (χ0v) is 12.3. The molecule has 0 radical (unpaired) electrons. The summed E-state index contributed by atoms with van der Waals surface area (Å²) in [5.74, 6) is 4.66. The third-order valence-electron chi connectivity index (χ3n) is 3.43. The van der Waals surface area contributed by atoms with E-state index in [1.54, 1.807) is 0 Å². The minimum atomic E-state index is -4.51. The highest BCUT2D eigenvalue weighted by Gasteiger charge is 2.32. The van der Waals surface area contributed by atoms with Crippen LogP contribution in [-0.4, -0.2) is 12.5 Å². The van der Waals surface area contributed by atoms with Crippen molar-refractivity contribution in [3.05, 3.63) is 29.3 Å². The second-order valence-corrected chi connectivity index (χ2v) is 5.60. The molecule has 0 atom stereocenters. The highest BCUT2D eigenvalue weighted by Crippen LogP contribution is 2.31. The number of halogens is 3. The number of hydrazine groups is 1. The number of nitrogen functional groups attached to an aromatic ring is 1. The first-order valence-corrected chi connectivity index (χ1v) is 6.57. The largest absolute Gasteiger partial charge is 0.416 e. The van der Waals surface area contributed by atoms with Gasteiger partial charge in [-0.15, -0.1) is 0 Å². The van der Waals surface area contributed by atoms with Crippen LogP contribution in [-0.2, 0) is 6.18 Å². The molecule has 0 spiro atoms. The molecule has 0 aliphatic rings. The van der Waals surface area contributed by atoms with Crippen molar-refractivity contribution in [3.63, 3.8) is 0 Å². The Morgan fingerprint density at radius 3 is 2.38 bits per heavy atom. The minimum Gasteiger partial charge on any atom is -0.351 e. The van der Waals surface area contributed by atoms with Crippen LogP contribution in [0.1, 0.15) is 43.1 Å². The first-order valence-electron chi connectivity index (χ1n) is 6.57.